The molecule has 76 valence electrons. The number of hydrogen-bond acceptors (Lipinski definition) is 3. The van der Waals surface area contributed by atoms with Crippen molar-refractivity contribution < 1.29 is 14.3 Å². The number of rotatable bonds is 4. The van der Waals surface area contributed by atoms with E-state index < -0.39 is 6.09 Å². The highest BCUT2D eigenvalue weighted by atomic mass is 16.5. The summed E-state index contributed by atoms with van der Waals surface area (Å²) < 4.78 is 9.88. The van der Waals surface area contributed by atoms with E-state index >= 15 is 0 Å². The van der Waals surface area contributed by atoms with Crippen molar-refractivity contribution in [2.45, 2.75) is 13.5 Å². The number of amides is 1. The lowest BCUT2D eigenvalue weighted by atomic mass is 10.2. The van der Waals surface area contributed by atoms with Crippen LogP contribution in [0.25, 0.3) is 0 Å². The fourth-order valence-electron chi connectivity index (χ4n) is 1.00. The lowest BCUT2D eigenvalue weighted by molar-refractivity contribution is 0.150. The summed E-state index contributed by atoms with van der Waals surface area (Å²) in [4.78, 5) is 10.3. The molecule has 0 bridgehead atoms. The fourth-order valence-corrected chi connectivity index (χ4v) is 1.00. The third-order valence-corrected chi connectivity index (χ3v) is 1.62. The molecule has 1 amide bonds. The van der Waals surface area contributed by atoms with Crippen LogP contribution >= 0.6 is 0 Å². The Morgan fingerprint density at radius 3 is 2.50 bits per heavy atom. The molecule has 14 heavy (non-hydrogen) atoms. The van der Waals surface area contributed by atoms with Gasteiger partial charge in [-0.25, -0.2) is 4.79 Å². The Morgan fingerprint density at radius 1 is 1.36 bits per heavy atom. The van der Waals surface area contributed by atoms with E-state index in [1.54, 1.807) is 0 Å². The molecule has 0 aliphatic carbocycles. The van der Waals surface area contributed by atoms with Crippen LogP contribution < -0.4 is 10.5 Å². The number of carbonyl (C=O) groups is 1. The molecular weight excluding hydrogens is 182 g/mol. The van der Waals surface area contributed by atoms with Gasteiger partial charge in [-0.1, -0.05) is 12.1 Å². The number of nitrogens with two attached hydrogens (primary N) is 1. The summed E-state index contributed by atoms with van der Waals surface area (Å²) in [5.74, 6) is 0.801. The molecule has 0 atom stereocenters. The number of benzene rings is 1. The standard InChI is InChI=1S/C10H13NO3/c1-2-13-9-5-3-8(4-6-9)7-14-10(11)12/h3-6H,2,7H2,1H3,(H2,11,12). The molecule has 0 aliphatic heterocycles. The van der Waals surface area contributed by atoms with Gasteiger partial charge in [-0.05, 0) is 24.6 Å². The zero-order valence-electron chi connectivity index (χ0n) is 8.03. The van der Waals surface area contributed by atoms with E-state index in [1.165, 1.54) is 0 Å². The van der Waals surface area contributed by atoms with Gasteiger partial charge in [0.15, 0.2) is 0 Å². The Hall–Kier alpha value is -1.71. The van der Waals surface area contributed by atoms with Crippen molar-refractivity contribution in [3.63, 3.8) is 0 Å². The van der Waals surface area contributed by atoms with Crippen molar-refractivity contribution in [2.24, 2.45) is 5.73 Å². The maximum Gasteiger partial charge on any atom is 0.404 e. The molecule has 1 rings (SSSR count). The Labute approximate surface area is 82.6 Å². The predicted octanol–water partition coefficient (Wildman–Crippen LogP) is 1.68. The van der Waals surface area contributed by atoms with Gasteiger partial charge in [-0.3, -0.25) is 0 Å². The van der Waals surface area contributed by atoms with E-state index in [-0.39, 0.29) is 6.61 Å². The van der Waals surface area contributed by atoms with Gasteiger partial charge in [0.2, 0.25) is 0 Å². The van der Waals surface area contributed by atoms with Gasteiger partial charge < -0.3 is 15.2 Å². The molecule has 1 aromatic carbocycles. The zero-order chi connectivity index (χ0) is 10.4. The molecule has 0 unspecified atom stereocenters. The van der Waals surface area contributed by atoms with Crippen molar-refractivity contribution in [2.75, 3.05) is 6.61 Å². The lowest BCUT2D eigenvalue weighted by Crippen LogP contribution is -2.12. The van der Waals surface area contributed by atoms with Gasteiger partial charge in [0.25, 0.3) is 0 Å². The monoisotopic (exact) mass is 195 g/mol. The summed E-state index contributed by atoms with van der Waals surface area (Å²) in [6.07, 6.45) is -0.765. The first kappa shape index (κ1) is 10.4. The first-order valence-corrected chi connectivity index (χ1v) is 4.36. The molecule has 0 heterocycles. The van der Waals surface area contributed by atoms with E-state index in [2.05, 4.69) is 4.74 Å². The summed E-state index contributed by atoms with van der Waals surface area (Å²) in [6.45, 7) is 2.75. The second-order valence-electron chi connectivity index (χ2n) is 2.68. The van der Waals surface area contributed by atoms with Gasteiger partial charge in [-0.2, -0.15) is 0 Å². The van der Waals surface area contributed by atoms with Crippen LogP contribution in [0.2, 0.25) is 0 Å². The molecular formula is C10H13NO3. The lowest BCUT2D eigenvalue weighted by Gasteiger charge is -2.04. The van der Waals surface area contributed by atoms with Crippen LogP contribution in [0.1, 0.15) is 12.5 Å². The Bertz CT molecular complexity index is 295. The molecule has 0 fully saturated rings. The second-order valence-corrected chi connectivity index (χ2v) is 2.68. The maximum atomic E-state index is 10.3. The summed E-state index contributed by atoms with van der Waals surface area (Å²) >= 11 is 0. The van der Waals surface area contributed by atoms with Crippen molar-refractivity contribution in [3.8, 4) is 5.75 Å². The van der Waals surface area contributed by atoms with Crippen LogP contribution in [-0.4, -0.2) is 12.7 Å². The van der Waals surface area contributed by atoms with E-state index in [1.807, 2.05) is 31.2 Å². The largest absolute Gasteiger partial charge is 0.494 e. The topological polar surface area (TPSA) is 61.6 Å². The maximum absolute atomic E-state index is 10.3. The van der Waals surface area contributed by atoms with Crippen molar-refractivity contribution in [3.05, 3.63) is 29.8 Å². The quantitative estimate of drug-likeness (QED) is 0.795. The zero-order valence-corrected chi connectivity index (χ0v) is 8.03. The summed E-state index contributed by atoms with van der Waals surface area (Å²) in [5, 5.41) is 0. The molecule has 0 saturated heterocycles. The molecule has 0 aromatic heterocycles. The first-order valence-electron chi connectivity index (χ1n) is 4.36. The van der Waals surface area contributed by atoms with Crippen LogP contribution in [0.15, 0.2) is 24.3 Å². The molecule has 0 saturated carbocycles. The minimum absolute atomic E-state index is 0.196. The van der Waals surface area contributed by atoms with Crippen LogP contribution in [0.4, 0.5) is 4.79 Å². The number of primary amides is 1. The van der Waals surface area contributed by atoms with Crippen LogP contribution in [0, 0.1) is 0 Å². The second kappa shape index (κ2) is 5.11. The average Bonchev–Trinajstić information content (AvgIpc) is 2.17. The normalized spacial score (nSPS) is 9.50. The summed E-state index contributed by atoms with van der Waals surface area (Å²) in [7, 11) is 0. The highest BCUT2D eigenvalue weighted by Gasteiger charge is 1.97. The van der Waals surface area contributed by atoms with Crippen molar-refractivity contribution in [1.29, 1.82) is 0 Å². The van der Waals surface area contributed by atoms with Gasteiger partial charge in [0.1, 0.15) is 12.4 Å². The molecule has 4 nitrogen and oxygen atoms in total. The number of carbonyl (C=O) groups excluding carboxylic acids is 1. The number of ether oxygens (including phenoxy) is 2. The third kappa shape index (κ3) is 3.35. The smallest absolute Gasteiger partial charge is 0.404 e. The SMILES string of the molecule is CCOc1ccc(COC(N)=O)cc1. The van der Waals surface area contributed by atoms with Crippen molar-refractivity contribution in [1.82, 2.24) is 0 Å². The molecule has 0 aliphatic rings. The minimum atomic E-state index is -0.765. The van der Waals surface area contributed by atoms with Gasteiger partial charge in [0.05, 0.1) is 6.61 Å². The molecule has 2 N–H and O–H groups in total. The Balaban J connectivity index is 2.50. The van der Waals surface area contributed by atoms with Crippen LogP contribution in [0.5, 0.6) is 5.75 Å². The highest BCUT2D eigenvalue weighted by molar-refractivity contribution is 5.64. The minimum Gasteiger partial charge on any atom is -0.494 e. The van der Waals surface area contributed by atoms with Crippen LogP contribution in [-0.2, 0) is 11.3 Å². The fraction of sp³-hybridized carbons (Fsp3) is 0.300. The predicted molar refractivity (Wildman–Crippen MR) is 52.0 cm³/mol. The molecule has 0 radical (unpaired) electrons. The van der Waals surface area contributed by atoms with Gasteiger partial charge in [-0.15, -0.1) is 0 Å². The average molecular weight is 195 g/mol. The Morgan fingerprint density at radius 2 is 2.00 bits per heavy atom. The van der Waals surface area contributed by atoms with E-state index in [0.29, 0.717) is 6.61 Å². The third-order valence-electron chi connectivity index (χ3n) is 1.62. The molecule has 4 heteroatoms. The molecule has 1 aromatic rings. The van der Waals surface area contributed by atoms with Gasteiger partial charge >= 0.3 is 6.09 Å². The van der Waals surface area contributed by atoms with Gasteiger partial charge in [0, 0.05) is 0 Å². The Kier molecular flexibility index (Phi) is 3.79. The van der Waals surface area contributed by atoms with E-state index in [4.69, 9.17) is 10.5 Å². The summed E-state index contributed by atoms with van der Waals surface area (Å²) in [5.41, 5.74) is 5.71. The highest BCUT2D eigenvalue weighted by Crippen LogP contribution is 2.12. The summed E-state index contributed by atoms with van der Waals surface area (Å²) in [6, 6.07) is 7.30. The van der Waals surface area contributed by atoms with Crippen LogP contribution in [0.3, 0.4) is 0 Å². The van der Waals surface area contributed by atoms with E-state index in [0.717, 1.165) is 11.3 Å². The first-order chi connectivity index (χ1) is 6.72. The van der Waals surface area contributed by atoms with Crippen molar-refractivity contribution >= 4 is 6.09 Å². The van der Waals surface area contributed by atoms with E-state index in [9.17, 15) is 4.79 Å². The molecule has 0 spiro atoms. The number of hydrogen-bond donors (Lipinski definition) is 1.